The number of hydrogen-bond acceptors (Lipinski definition) is 3. The molecule has 0 aromatic heterocycles. The quantitative estimate of drug-likeness (QED) is 0.205. The van der Waals surface area contributed by atoms with Crippen LogP contribution in [0.4, 0.5) is 0 Å². The summed E-state index contributed by atoms with van der Waals surface area (Å²) < 4.78 is 4.27. The maximum Gasteiger partial charge on any atom is 0.442 e. The minimum Gasteiger partial charge on any atom is -0.460 e. The summed E-state index contributed by atoms with van der Waals surface area (Å²) in [6, 6.07) is 0. The van der Waals surface area contributed by atoms with E-state index in [1.54, 1.807) is 20.8 Å². The van der Waals surface area contributed by atoms with Gasteiger partial charge in [0.05, 0.1) is 7.11 Å². The molecule has 0 aromatic rings. The van der Waals surface area contributed by atoms with Gasteiger partial charge in [-0.05, 0) is 0 Å². The molecule has 0 aromatic carbocycles. The van der Waals surface area contributed by atoms with Crippen molar-refractivity contribution in [2.75, 3.05) is 7.11 Å². The minimum absolute atomic E-state index is 0.554. The Morgan fingerprint density at radius 3 is 2.00 bits per heavy atom. The van der Waals surface area contributed by atoms with E-state index in [9.17, 15) is 9.59 Å². The van der Waals surface area contributed by atoms with E-state index in [0.717, 1.165) is 7.11 Å². The minimum atomic E-state index is -0.928. The van der Waals surface area contributed by atoms with Crippen LogP contribution in [0.1, 0.15) is 20.8 Å². The number of Topliss-reactive ketones (excluding diaryl/α,β-unsaturated/α-hetero) is 1. The fourth-order valence-corrected chi connectivity index (χ4v) is 0.631. The lowest BCUT2D eigenvalue weighted by molar-refractivity contribution is -0.141. The zero-order valence-electron chi connectivity index (χ0n) is 8.12. The number of carbonyl (C=O) groups is 2. The first-order valence-corrected chi connectivity index (χ1v) is 3.69. The molecule has 5 heteroatoms. The van der Waals surface area contributed by atoms with Gasteiger partial charge in [-0.25, -0.2) is 4.79 Å². The monoisotopic (exact) mass is 184 g/mol. The van der Waals surface area contributed by atoms with Gasteiger partial charge in [0.1, 0.15) is 0 Å². The second-order valence-electron chi connectivity index (χ2n) is 3.52. The van der Waals surface area contributed by atoms with Gasteiger partial charge < -0.3 is 10.3 Å². The summed E-state index contributed by atoms with van der Waals surface area (Å²) in [4.78, 5) is 24.9. The number of ether oxygens (including phenoxy) is 1. The molecule has 0 aliphatic carbocycles. The summed E-state index contributed by atoms with van der Waals surface area (Å²) in [6.07, 6.45) is 0. The highest BCUT2D eigenvalue weighted by atomic mass is 16.5. The number of esters is 1. The topological polar surface area (TPSA) is 79.8 Å². The van der Waals surface area contributed by atoms with Crippen molar-refractivity contribution < 1.29 is 19.1 Å². The Morgan fingerprint density at radius 1 is 1.31 bits per heavy atom. The van der Waals surface area contributed by atoms with Gasteiger partial charge in [-0.3, -0.25) is 4.79 Å². The average molecular weight is 184 g/mol. The molecular weight excluding hydrogens is 172 g/mol. The van der Waals surface area contributed by atoms with Crippen molar-refractivity contribution in [1.29, 1.82) is 0 Å². The first kappa shape index (κ1) is 11.5. The second-order valence-corrected chi connectivity index (χ2v) is 3.52. The maximum atomic E-state index is 11.4. The molecule has 0 rings (SSSR count). The molecule has 0 aliphatic heterocycles. The molecule has 0 heterocycles. The van der Waals surface area contributed by atoms with Gasteiger partial charge in [-0.15, -0.1) is 0 Å². The van der Waals surface area contributed by atoms with Crippen molar-refractivity contribution in [3.63, 3.8) is 0 Å². The van der Waals surface area contributed by atoms with Gasteiger partial charge in [0.15, 0.2) is 0 Å². The van der Waals surface area contributed by atoms with Crippen LogP contribution in [-0.2, 0) is 14.3 Å². The SMILES string of the molecule is COC(=O)C(=[N+]=[N-])C(=O)C(C)(C)C. The second kappa shape index (κ2) is 3.96. The molecule has 0 radical (unpaired) electrons. The van der Waals surface area contributed by atoms with Crippen molar-refractivity contribution in [2.45, 2.75) is 20.8 Å². The van der Waals surface area contributed by atoms with Gasteiger partial charge in [0.25, 0.3) is 5.78 Å². The molecule has 0 saturated heterocycles. The number of ketones is 1. The van der Waals surface area contributed by atoms with Crippen molar-refractivity contribution in [1.82, 2.24) is 0 Å². The molecule has 13 heavy (non-hydrogen) atoms. The molecular formula is C8H12N2O3. The van der Waals surface area contributed by atoms with E-state index in [1.807, 2.05) is 0 Å². The number of hydrogen-bond donors (Lipinski definition) is 0. The molecule has 0 amide bonds. The molecule has 0 unspecified atom stereocenters. The van der Waals surface area contributed by atoms with E-state index < -0.39 is 22.9 Å². The third kappa shape index (κ3) is 2.80. The van der Waals surface area contributed by atoms with Crippen LogP contribution in [0.2, 0.25) is 0 Å². The predicted octanol–water partition coefficient (Wildman–Crippen LogP) is 0.445. The van der Waals surface area contributed by atoms with E-state index in [-0.39, 0.29) is 0 Å². The van der Waals surface area contributed by atoms with Crippen LogP contribution in [0, 0.1) is 5.41 Å². The van der Waals surface area contributed by atoms with Gasteiger partial charge in [-0.1, -0.05) is 20.8 Å². The summed E-state index contributed by atoms with van der Waals surface area (Å²) in [5.41, 5.74) is 7.09. The highest BCUT2D eigenvalue weighted by Crippen LogP contribution is 2.15. The molecule has 0 atom stereocenters. The van der Waals surface area contributed by atoms with Gasteiger partial charge in [0.2, 0.25) is 0 Å². The molecule has 72 valence electrons. The lowest BCUT2D eigenvalue weighted by Gasteiger charge is -2.11. The van der Waals surface area contributed by atoms with Crippen LogP contribution >= 0.6 is 0 Å². The van der Waals surface area contributed by atoms with E-state index in [1.165, 1.54) is 0 Å². The Morgan fingerprint density at radius 2 is 1.77 bits per heavy atom. The highest BCUT2D eigenvalue weighted by molar-refractivity contribution is 6.63. The zero-order valence-corrected chi connectivity index (χ0v) is 8.12. The molecule has 5 nitrogen and oxygen atoms in total. The van der Waals surface area contributed by atoms with E-state index in [2.05, 4.69) is 9.53 Å². The normalized spacial score (nSPS) is 10.2. The molecule has 0 aliphatic rings. The third-order valence-electron chi connectivity index (χ3n) is 1.38. The number of carbonyl (C=O) groups excluding carboxylic acids is 2. The third-order valence-corrected chi connectivity index (χ3v) is 1.38. The Kier molecular flexibility index (Phi) is 3.51. The van der Waals surface area contributed by atoms with Crippen LogP contribution in [0.5, 0.6) is 0 Å². The van der Waals surface area contributed by atoms with Gasteiger partial charge in [0, 0.05) is 5.41 Å². The lowest BCUT2D eigenvalue weighted by Crippen LogP contribution is -2.35. The van der Waals surface area contributed by atoms with Crippen molar-refractivity contribution in [2.24, 2.45) is 5.41 Å². The Labute approximate surface area is 76.3 Å². The first-order valence-electron chi connectivity index (χ1n) is 3.69. The summed E-state index contributed by atoms with van der Waals surface area (Å²) in [7, 11) is 1.11. The fourth-order valence-electron chi connectivity index (χ4n) is 0.631. The Balaban J connectivity index is 4.96. The van der Waals surface area contributed by atoms with Crippen molar-refractivity contribution in [3.8, 4) is 0 Å². The van der Waals surface area contributed by atoms with Gasteiger partial charge in [-0.2, -0.15) is 4.79 Å². The maximum absolute atomic E-state index is 11.4. The summed E-state index contributed by atoms with van der Waals surface area (Å²) in [5.74, 6) is -1.48. The highest BCUT2D eigenvalue weighted by Gasteiger charge is 2.38. The summed E-state index contributed by atoms with van der Waals surface area (Å²) in [6.45, 7) is 4.84. The van der Waals surface area contributed by atoms with Crippen LogP contribution in [0.3, 0.4) is 0 Å². The number of nitrogens with zero attached hydrogens (tertiary/aromatic N) is 2. The van der Waals surface area contributed by atoms with Gasteiger partial charge >= 0.3 is 11.7 Å². The molecule has 0 saturated carbocycles. The number of methoxy groups -OCH3 is 1. The van der Waals surface area contributed by atoms with E-state index in [4.69, 9.17) is 5.53 Å². The van der Waals surface area contributed by atoms with Crippen LogP contribution in [0.25, 0.3) is 5.53 Å². The van der Waals surface area contributed by atoms with E-state index >= 15 is 0 Å². The largest absolute Gasteiger partial charge is 0.460 e. The molecule has 0 fully saturated rings. The number of rotatable bonds is 2. The smallest absolute Gasteiger partial charge is 0.442 e. The molecule has 0 bridgehead atoms. The summed E-state index contributed by atoms with van der Waals surface area (Å²) >= 11 is 0. The zero-order chi connectivity index (χ0) is 10.6. The van der Waals surface area contributed by atoms with Crippen molar-refractivity contribution >= 4 is 17.5 Å². The average Bonchev–Trinajstić information content (AvgIpc) is 2.03. The van der Waals surface area contributed by atoms with E-state index in [0.29, 0.717) is 0 Å². The van der Waals surface area contributed by atoms with Crippen LogP contribution in [-0.4, -0.2) is 29.4 Å². The Hall–Kier alpha value is -1.48. The first-order chi connectivity index (χ1) is 5.84. The predicted molar refractivity (Wildman–Crippen MR) is 45.1 cm³/mol. The Bertz CT molecular complexity index is 282. The molecule has 0 N–H and O–H groups in total. The van der Waals surface area contributed by atoms with Crippen molar-refractivity contribution in [3.05, 3.63) is 5.53 Å². The lowest BCUT2D eigenvalue weighted by atomic mass is 9.88. The summed E-state index contributed by atoms with van der Waals surface area (Å²) in [5, 5.41) is 0. The standard InChI is InChI=1S/C8H12N2O3/c1-8(2,3)6(11)5(10-9)7(12)13-4/h1-4H3. The van der Waals surface area contributed by atoms with Crippen LogP contribution in [0.15, 0.2) is 0 Å². The van der Waals surface area contributed by atoms with Crippen LogP contribution < -0.4 is 0 Å². The molecule has 0 spiro atoms. The fraction of sp³-hybridized carbons (Fsp3) is 0.625.